The lowest BCUT2D eigenvalue weighted by atomic mass is 10.3. The van der Waals surface area contributed by atoms with Crippen LogP contribution in [0.2, 0.25) is 0 Å². The molecule has 2 rings (SSSR count). The van der Waals surface area contributed by atoms with Crippen LogP contribution >= 0.6 is 0 Å². The predicted molar refractivity (Wildman–Crippen MR) is 96.3 cm³/mol. The molecule has 0 atom stereocenters. The number of aromatic nitrogens is 2. The molecule has 1 aromatic heterocycles. The fourth-order valence-electron chi connectivity index (χ4n) is 2.46. The average Bonchev–Trinajstić information content (AvgIpc) is 2.83. The van der Waals surface area contributed by atoms with Gasteiger partial charge in [-0.05, 0) is 50.6 Å². The van der Waals surface area contributed by atoms with Crippen molar-refractivity contribution < 1.29 is 4.74 Å². The van der Waals surface area contributed by atoms with Crippen molar-refractivity contribution in [2.75, 3.05) is 6.61 Å². The summed E-state index contributed by atoms with van der Waals surface area (Å²) in [6.07, 6.45) is 8.63. The molecular weight excluding hydrogens is 288 g/mol. The van der Waals surface area contributed by atoms with Crippen LogP contribution in [0.15, 0.2) is 59.1 Å². The van der Waals surface area contributed by atoms with E-state index in [1.807, 2.05) is 62.4 Å². The largest absolute Gasteiger partial charge is 0.494 e. The number of allylic oxidation sites excluding steroid dienone is 5. The minimum absolute atomic E-state index is 0.0551. The zero-order chi connectivity index (χ0) is 16.8. The van der Waals surface area contributed by atoms with Gasteiger partial charge in [-0.1, -0.05) is 25.1 Å². The summed E-state index contributed by atoms with van der Waals surface area (Å²) >= 11 is 0. The van der Waals surface area contributed by atoms with Gasteiger partial charge in [0.05, 0.1) is 17.6 Å². The van der Waals surface area contributed by atoms with Crippen LogP contribution in [0.3, 0.4) is 0 Å². The molecule has 0 aliphatic rings. The molecule has 0 aliphatic heterocycles. The van der Waals surface area contributed by atoms with E-state index in [2.05, 4.69) is 6.92 Å². The van der Waals surface area contributed by atoms with Crippen molar-refractivity contribution >= 4 is 16.7 Å². The van der Waals surface area contributed by atoms with E-state index in [1.54, 1.807) is 16.2 Å². The molecule has 23 heavy (non-hydrogen) atoms. The molecule has 0 unspecified atom stereocenters. The summed E-state index contributed by atoms with van der Waals surface area (Å²) in [5.41, 5.74) is 2.58. The molecule has 4 nitrogen and oxygen atoms in total. The quantitative estimate of drug-likeness (QED) is 0.595. The summed E-state index contributed by atoms with van der Waals surface area (Å²) in [4.78, 5) is 12.6. The lowest BCUT2D eigenvalue weighted by molar-refractivity contribution is 0.224. The molecule has 2 aromatic rings. The first-order valence-electron chi connectivity index (χ1n) is 7.94. The Bertz CT molecular complexity index is 819. The summed E-state index contributed by atoms with van der Waals surface area (Å²) in [5, 5.41) is 0. The first-order valence-corrected chi connectivity index (χ1v) is 7.94. The molecule has 0 saturated carbocycles. The van der Waals surface area contributed by atoms with Crippen LogP contribution < -0.4 is 5.69 Å². The van der Waals surface area contributed by atoms with Gasteiger partial charge in [0.25, 0.3) is 0 Å². The third kappa shape index (κ3) is 3.47. The maximum Gasteiger partial charge on any atom is 0.333 e. The molecule has 0 aliphatic carbocycles. The fraction of sp³-hybridized carbons (Fsp3) is 0.316. The summed E-state index contributed by atoms with van der Waals surface area (Å²) in [7, 11) is 1.79. The Morgan fingerprint density at radius 3 is 2.43 bits per heavy atom. The number of fused-ring (bicyclic) bond motifs is 1. The van der Waals surface area contributed by atoms with Crippen molar-refractivity contribution in [2.45, 2.75) is 27.2 Å². The number of aryl methyl sites for hydroxylation is 1. The van der Waals surface area contributed by atoms with Gasteiger partial charge in [-0.25, -0.2) is 4.79 Å². The Kier molecular flexibility index (Phi) is 5.63. The van der Waals surface area contributed by atoms with Crippen LogP contribution in [0.4, 0.5) is 0 Å². The number of ether oxygens (including phenoxy) is 1. The number of hydrogen-bond donors (Lipinski definition) is 0. The molecule has 1 heterocycles. The van der Waals surface area contributed by atoms with Crippen LogP contribution in [0, 0.1) is 0 Å². The smallest absolute Gasteiger partial charge is 0.333 e. The van der Waals surface area contributed by atoms with Crippen LogP contribution in [-0.4, -0.2) is 15.7 Å². The van der Waals surface area contributed by atoms with Crippen molar-refractivity contribution in [1.29, 1.82) is 0 Å². The van der Waals surface area contributed by atoms with E-state index in [1.165, 1.54) is 0 Å². The normalized spacial score (nSPS) is 13.2. The van der Waals surface area contributed by atoms with Gasteiger partial charge in [0, 0.05) is 12.7 Å². The average molecular weight is 312 g/mol. The third-order valence-electron chi connectivity index (χ3n) is 3.69. The van der Waals surface area contributed by atoms with Crippen molar-refractivity contribution in [3.8, 4) is 0 Å². The second kappa shape index (κ2) is 7.68. The van der Waals surface area contributed by atoms with Gasteiger partial charge in [-0.15, -0.1) is 0 Å². The highest BCUT2D eigenvalue weighted by Gasteiger charge is 2.11. The fourth-order valence-corrected chi connectivity index (χ4v) is 2.46. The predicted octanol–water partition coefficient (Wildman–Crippen LogP) is 4.09. The number of hydrogen-bond acceptors (Lipinski definition) is 2. The van der Waals surface area contributed by atoms with Crippen molar-refractivity contribution in [3.05, 3.63) is 64.8 Å². The van der Waals surface area contributed by atoms with Crippen LogP contribution in [0.5, 0.6) is 0 Å². The topological polar surface area (TPSA) is 36.2 Å². The maximum atomic E-state index is 12.6. The molecular formula is C19H24N2O2. The van der Waals surface area contributed by atoms with Crippen LogP contribution in [0.25, 0.3) is 16.7 Å². The van der Waals surface area contributed by atoms with Gasteiger partial charge in [0.1, 0.15) is 5.76 Å². The van der Waals surface area contributed by atoms with Crippen LogP contribution in [0.1, 0.15) is 27.2 Å². The Morgan fingerprint density at radius 1 is 1.13 bits per heavy atom. The lowest BCUT2D eigenvalue weighted by Crippen LogP contribution is -2.21. The van der Waals surface area contributed by atoms with Crippen LogP contribution in [-0.2, 0) is 11.8 Å². The van der Waals surface area contributed by atoms with E-state index in [0.29, 0.717) is 6.61 Å². The molecule has 0 radical (unpaired) electrons. The number of nitrogens with zero attached hydrogens (tertiary/aromatic N) is 2. The van der Waals surface area contributed by atoms with E-state index in [0.717, 1.165) is 28.9 Å². The summed E-state index contributed by atoms with van der Waals surface area (Å²) in [5.74, 6) is 0.805. The van der Waals surface area contributed by atoms with Crippen molar-refractivity contribution in [3.63, 3.8) is 0 Å². The Hall–Kier alpha value is -2.49. The molecule has 0 saturated heterocycles. The van der Waals surface area contributed by atoms with E-state index in [-0.39, 0.29) is 5.69 Å². The van der Waals surface area contributed by atoms with Gasteiger partial charge in [0.2, 0.25) is 0 Å². The van der Waals surface area contributed by atoms with Gasteiger partial charge >= 0.3 is 5.69 Å². The third-order valence-corrected chi connectivity index (χ3v) is 3.69. The minimum Gasteiger partial charge on any atom is -0.494 e. The standard InChI is InChI=1S/C19H24N2O2/c1-5-14-23-16(7-3)13-12-15(6-2)21-18-11-9-8-10-17(18)20(4)19(21)22/h6-13H,5,14H2,1-4H3/b13-12-,15-6+,16-7+. The zero-order valence-electron chi connectivity index (χ0n) is 14.2. The highest BCUT2D eigenvalue weighted by molar-refractivity contribution is 5.81. The molecule has 0 N–H and O–H groups in total. The monoisotopic (exact) mass is 312 g/mol. The van der Waals surface area contributed by atoms with E-state index in [4.69, 9.17) is 4.74 Å². The molecule has 122 valence electrons. The molecule has 4 heteroatoms. The first-order chi connectivity index (χ1) is 11.1. The number of benzene rings is 1. The zero-order valence-corrected chi connectivity index (χ0v) is 14.2. The van der Waals surface area contributed by atoms with Crippen molar-refractivity contribution in [1.82, 2.24) is 9.13 Å². The molecule has 0 bridgehead atoms. The van der Waals surface area contributed by atoms with Gasteiger partial charge in [0.15, 0.2) is 0 Å². The Morgan fingerprint density at radius 2 is 1.83 bits per heavy atom. The van der Waals surface area contributed by atoms with Gasteiger partial charge < -0.3 is 4.74 Å². The second-order valence-corrected chi connectivity index (χ2v) is 5.25. The lowest BCUT2D eigenvalue weighted by Gasteiger charge is -2.06. The Balaban J connectivity index is 2.44. The van der Waals surface area contributed by atoms with Crippen molar-refractivity contribution in [2.24, 2.45) is 7.05 Å². The van der Waals surface area contributed by atoms with Gasteiger partial charge in [-0.3, -0.25) is 9.13 Å². The summed E-state index contributed by atoms with van der Waals surface area (Å²) in [6, 6.07) is 7.79. The highest BCUT2D eigenvalue weighted by atomic mass is 16.5. The number of imidazole rings is 1. The summed E-state index contributed by atoms with van der Waals surface area (Å²) in [6.45, 7) is 6.62. The first kappa shape index (κ1) is 16.9. The number of rotatable bonds is 6. The molecule has 0 amide bonds. The SMILES string of the molecule is C\C=C(/C=C\C(=C/C)n1c(=O)n(C)c2ccccc21)OCCC. The molecule has 0 spiro atoms. The van der Waals surface area contributed by atoms with E-state index in [9.17, 15) is 4.79 Å². The Labute approximate surface area is 137 Å². The second-order valence-electron chi connectivity index (χ2n) is 5.25. The van der Waals surface area contributed by atoms with Gasteiger partial charge in [-0.2, -0.15) is 0 Å². The number of para-hydroxylation sites is 2. The summed E-state index contributed by atoms with van der Waals surface area (Å²) < 4.78 is 9.03. The van der Waals surface area contributed by atoms with E-state index >= 15 is 0 Å². The molecule has 0 fully saturated rings. The maximum absolute atomic E-state index is 12.6. The highest BCUT2D eigenvalue weighted by Crippen LogP contribution is 2.17. The minimum atomic E-state index is -0.0551. The van der Waals surface area contributed by atoms with E-state index < -0.39 is 0 Å². The molecule has 1 aromatic carbocycles.